The maximum Gasteiger partial charge on any atom is 0.239 e. The van der Waals surface area contributed by atoms with Gasteiger partial charge in [-0.2, -0.15) is 0 Å². The van der Waals surface area contributed by atoms with Gasteiger partial charge >= 0.3 is 0 Å². The second kappa shape index (κ2) is 8.79. The van der Waals surface area contributed by atoms with Crippen LogP contribution < -0.4 is 15.5 Å². The zero-order chi connectivity index (χ0) is 15.6. The molecule has 0 saturated carbocycles. The summed E-state index contributed by atoms with van der Waals surface area (Å²) in [6.45, 7) is 2.37. The van der Waals surface area contributed by atoms with E-state index in [4.69, 9.17) is 0 Å². The molecule has 5 nitrogen and oxygen atoms in total. The van der Waals surface area contributed by atoms with Crippen LogP contribution in [0.3, 0.4) is 0 Å². The van der Waals surface area contributed by atoms with Crippen LogP contribution in [0.5, 0.6) is 0 Å². The first kappa shape index (κ1) is 16.0. The van der Waals surface area contributed by atoms with E-state index >= 15 is 0 Å². The van der Waals surface area contributed by atoms with Gasteiger partial charge in [0.05, 0.1) is 6.54 Å². The molecule has 22 heavy (non-hydrogen) atoms. The maximum absolute atomic E-state index is 12.1. The lowest BCUT2D eigenvalue weighted by molar-refractivity contribution is -0.119. The van der Waals surface area contributed by atoms with Crippen LogP contribution in [-0.2, 0) is 11.3 Å². The van der Waals surface area contributed by atoms with Gasteiger partial charge in [0.25, 0.3) is 0 Å². The zero-order valence-electron chi connectivity index (χ0n) is 12.8. The fourth-order valence-electron chi connectivity index (χ4n) is 2.15. The van der Waals surface area contributed by atoms with Crippen LogP contribution in [0.25, 0.3) is 0 Å². The van der Waals surface area contributed by atoms with Crippen LogP contribution >= 0.6 is 0 Å². The van der Waals surface area contributed by atoms with Gasteiger partial charge in [-0.1, -0.05) is 24.3 Å². The van der Waals surface area contributed by atoms with Crippen molar-refractivity contribution in [3.05, 3.63) is 60.4 Å². The lowest BCUT2D eigenvalue weighted by Crippen LogP contribution is -2.39. The number of nitrogens with one attached hydrogen (secondary N) is 2. The fraction of sp³-hybridized carbons (Fsp3) is 0.294. The van der Waals surface area contributed by atoms with Gasteiger partial charge in [-0.05, 0) is 30.8 Å². The summed E-state index contributed by atoms with van der Waals surface area (Å²) in [5, 5.41) is 5.92. The number of hydrogen-bond acceptors (Lipinski definition) is 4. The van der Waals surface area contributed by atoms with Crippen molar-refractivity contribution in [3.63, 3.8) is 0 Å². The number of amides is 1. The van der Waals surface area contributed by atoms with Crippen molar-refractivity contribution >= 4 is 11.6 Å². The van der Waals surface area contributed by atoms with Gasteiger partial charge in [-0.15, -0.1) is 0 Å². The average Bonchev–Trinajstić information content (AvgIpc) is 2.56. The second-order valence-corrected chi connectivity index (χ2v) is 5.01. The van der Waals surface area contributed by atoms with E-state index in [0.717, 1.165) is 17.8 Å². The molecule has 0 saturated heterocycles. The first-order chi connectivity index (χ1) is 10.8. The Kier molecular flexibility index (Phi) is 6.39. The van der Waals surface area contributed by atoms with Crippen LogP contribution in [-0.4, -0.2) is 37.6 Å². The topological polar surface area (TPSA) is 57.3 Å². The number of rotatable bonds is 8. The molecule has 1 aromatic carbocycles. The lowest BCUT2D eigenvalue weighted by Gasteiger charge is -2.24. The molecule has 0 fully saturated rings. The summed E-state index contributed by atoms with van der Waals surface area (Å²) < 4.78 is 0. The van der Waals surface area contributed by atoms with Gasteiger partial charge in [-0.25, -0.2) is 0 Å². The van der Waals surface area contributed by atoms with E-state index in [2.05, 4.69) is 15.6 Å². The minimum absolute atomic E-state index is 0.0167. The van der Waals surface area contributed by atoms with Crippen molar-refractivity contribution in [2.45, 2.75) is 6.54 Å². The van der Waals surface area contributed by atoms with Gasteiger partial charge in [0, 0.05) is 37.7 Å². The molecule has 0 unspecified atom stereocenters. The minimum Gasteiger partial charge on any atom is -0.358 e. The van der Waals surface area contributed by atoms with Crippen LogP contribution in [0.4, 0.5) is 5.69 Å². The number of para-hydroxylation sites is 1. The summed E-state index contributed by atoms with van der Waals surface area (Å²) in [6.07, 6.45) is 3.58. The van der Waals surface area contributed by atoms with Crippen LogP contribution in [0.1, 0.15) is 5.56 Å². The molecule has 5 heteroatoms. The molecule has 0 atom stereocenters. The van der Waals surface area contributed by atoms with Crippen molar-refractivity contribution in [2.24, 2.45) is 0 Å². The number of likely N-dealkylation sites (N-methyl/N-ethyl adjacent to an activating group) is 1. The van der Waals surface area contributed by atoms with E-state index in [1.165, 1.54) is 0 Å². The monoisotopic (exact) mass is 298 g/mol. The Labute approximate surface area is 131 Å². The second-order valence-electron chi connectivity index (χ2n) is 5.01. The number of aromatic nitrogens is 1. The number of hydrogen-bond donors (Lipinski definition) is 2. The fourth-order valence-corrected chi connectivity index (χ4v) is 2.15. The Hall–Kier alpha value is -2.40. The van der Waals surface area contributed by atoms with E-state index < -0.39 is 0 Å². The predicted molar refractivity (Wildman–Crippen MR) is 88.7 cm³/mol. The molecule has 0 bridgehead atoms. The predicted octanol–water partition coefficient (Wildman–Crippen LogP) is 1.42. The summed E-state index contributed by atoms with van der Waals surface area (Å²) in [6, 6.07) is 13.9. The zero-order valence-corrected chi connectivity index (χ0v) is 12.8. The number of carbonyl (C=O) groups excluding carboxylic acids is 1. The maximum atomic E-state index is 12.1. The van der Waals surface area contributed by atoms with Gasteiger partial charge in [0.2, 0.25) is 5.91 Å². The SMILES string of the molecule is CNCCNC(=O)CN(Cc1cccnc1)c1ccccc1. The third-order valence-corrected chi connectivity index (χ3v) is 3.25. The summed E-state index contributed by atoms with van der Waals surface area (Å²) in [5.74, 6) is 0.0167. The number of pyridine rings is 1. The molecule has 2 rings (SSSR count). The van der Waals surface area contributed by atoms with E-state index in [9.17, 15) is 4.79 Å². The highest BCUT2D eigenvalue weighted by atomic mass is 16.2. The summed E-state index contributed by atoms with van der Waals surface area (Å²) >= 11 is 0. The molecule has 2 aromatic rings. The highest BCUT2D eigenvalue weighted by Gasteiger charge is 2.11. The van der Waals surface area contributed by atoms with E-state index in [1.54, 1.807) is 6.20 Å². The van der Waals surface area contributed by atoms with Crippen molar-refractivity contribution in [2.75, 3.05) is 31.6 Å². The molecule has 0 aliphatic rings. The number of nitrogens with zero attached hydrogens (tertiary/aromatic N) is 2. The van der Waals surface area contributed by atoms with E-state index in [1.807, 2.05) is 60.6 Å². The number of anilines is 1. The number of benzene rings is 1. The smallest absolute Gasteiger partial charge is 0.239 e. The largest absolute Gasteiger partial charge is 0.358 e. The molecule has 1 amide bonds. The average molecular weight is 298 g/mol. The van der Waals surface area contributed by atoms with Gasteiger partial charge in [-0.3, -0.25) is 9.78 Å². The molecule has 0 aliphatic heterocycles. The molecule has 1 heterocycles. The number of carbonyl (C=O) groups is 1. The minimum atomic E-state index is 0.0167. The molecule has 2 N–H and O–H groups in total. The first-order valence-electron chi connectivity index (χ1n) is 7.40. The van der Waals surface area contributed by atoms with Crippen LogP contribution in [0, 0.1) is 0 Å². The van der Waals surface area contributed by atoms with E-state index in [0.29, 0.717) is 19.6 Å². The highest BCUT2D eigenvalue weighted by molar-refractivity contribution is 5.81. The van der Waals surface area contributed by atoms with Crippen LogP contribution in [0.2, 0.25) is 0 Å². The Bertz CT molecular complexity index is 559. The summed E-state index contributed by atoms with van der Waals surface area (Å²) in [5.41, 5.74) is 2.10. The van der Waals surface area contributed by atoms with Crippen molar-refractivity contribution in [3.8, 4) is 0 Å². The Morgan fingerprint density at radius 2 is 1.95 bits per heavy atom. The third-order valence-electron chi connectivity index (χ3n) is 3.25. The van der Waals surface area contributed by atoms with Crippen molar-refractivity contribution < 1.29 is 4.79 Å². The molecular weight excluding hydrogens is 276 g/mol. The Morgan fingerprint density at radius 3 is 2.64 bits per heavy atom. The summed E-state index contributed by atoms with van der Waals surface area (Å²) in [7, 11) is 1.87. The quantitative estimate of drug-likeness (QED) is 0.724. The highest BCUT2D eigenvalue weighted by Crippen LogP contribution is 2.16. The molecule has 116 valence electrons. The van der Waals surface area contributed by atoms with Gasteiger partial charge in [0.1, 0.15) is 0 Å². The van der Waals surface area contributed by atoms with Crippen molar-refractivity contribution in [1.82, 2.24) is 15.6 Å². The van der Waals surface area contributed by atoms with Crippen LogP contribution in [0.15, 0.2) is 54.9 Å². The van der Waals surface area contributed by atoms with Gasteiger partial charge in [0.15, 0.2) is 0 Å². The first-order valence-corrected chi connectivity index (χ1v) is 7.40. The third kappa shape index (κ3) is 5.18. The molecule has 0 aliphatic carbocycles. The standard InChI is InChI=1S/C17H22N4O/c1-18-10-11-20-17(22)14-21(16-7-3-2-4-8-16)13-15-6-5-9-19-12-15/h2-9,12,18H,10-11,13-14H2,1H3,(H,20,22). The van der Waals surface area contributed by atoms with Crippen molar-refractivity contribution in [1.29, 1.82) is 0 Å². The normalized spacial score (nSPS) is 10.2. The lowest BCUT2D eigenvalue weighted by atomic mass is 10.2. The van der Waals surface area contributed by atoms with E-state index in [-0.39, 0.29) is 5.91 Å². The van der Waals surface area contributed by atoms with Gasteiger partial charge < -0.3 is 15.5 Å². The Morgan fingerprint density at radius 1 is 1.14 bits per heavy atom. The Balaban J connectivity index is 2.04. The summed E-state index contributed by atoms with van der Waals surface area (Å²) in [4.78, 5) is 18.3. The molecule has 0 spiro atoms. The molecular formula is C17H22N4O. The molecule has 1 aromatic heterocycles. The molecule has 0 radical (unpaired) electrons.